The van der Waals surface area contributed by atoms with E-state index in [0.29, 0.717) is 32.7 Å². The maximum absolute atomic E-state index is 13.5. The molecule has 4 aromatic rings. The molecule has 1 aliphatic heterocycles. The fourth-order valence-electron chi connectivity index (χ4n) is 5.56. The van der Waals surface area contributed by atoms with E-state index in [1.54, 1.807) is 11.8 Å². The Morgan fingerprint density at radius 1 is 0.762 bits per heavy atom. The number of hydrogen-bond acceptors (Lipinski definition) is 6. The van der Waals surface area contributed by atoms with Gasteiger partial charge in [-0.3, -0.25) is 4.79 Å². The number of ether oxygens (including phenoxy) is 4. The summed E-state index contributed by atoms with van der Waals surface area (Å²) in [7, 11) is 0. The Labute approximate surface area is 252 Å². The molecule has 1 aliphatic carbocycles. The molecule has 1 saturated heterocycles. The molecular formula is C36H36O5S. The van der Waals surface area contributed by atoms with Gasteiger partial charge in [0.1, 0.15) is 12.2 Å². The molecule has 5 nitrogen and oxygen atoms in total. The van der Waals surface area contributed by atoms with E-state index in [9.17, 15) is 4.79 Å². The third kappa shape index (κ3) is 7.38. The molecule has 0 spiro atoms. The number of carbonyl (C=O) groups excluding carboxylic acids is 1. The highest BCUT2D eigenvalue weighted by Gasteiger charge is 2.42. The monoisotopic (exact) mass is 580 g/mol. The molecule has 5 atom stereocenters. The molecule has 0 aromatic heterocycles. The number of thioether (sulfide) groups is 1. The quantitative estimate of drug-likeness (QED) is 0.186. The SMILES string of the molecule is O=C1c2ccccc2CCC1O[C@@H]1O[C@H](COCc2ccccc2)[C@@H](OCc2ccccc2)C[C@H]1Sc1ccccc1. The van der Waals surface area contributed by atoms with Gasteiger partial charge >= 0.3 is 0 Å². The van der Waals surface area contributed by atoms with Crippen LogP contribution in [0.15, 0.2) is 120 Å². The fraction of sp³-hybridized carbons (Fsp3) is 0.306. The molecule has 42 heavy (non-hydrogen) atoms. The predicted octanol–water partition coefficient (Wildman–Crippen LogP) is 7.28. The van der Waals surface area contributed by atoms with Crippen LogP contribution in [0, 0.1) is 0 Å². The lowest BCUT2D eigenvalue weighted by atomic mass is 9.88. The maximum atomic E-state index is 13.5. The Bertz CT molecular complexity index is 1410. The highest BCUT2D eigenvalue weighted by molar-refractivity contribution is 8.00. The molecule has 1 heterocycles. The van der Waals surface area contributed by atoms with Crippen molar-refractivity contribution in [1.29, 1.82) is 0 Å². The molecule has 4 aromatic carbocycles. The van der Waals surface area contributed by atoms with Crippen molar-refractivity contribution in [3.05, 3.63) is 138 Å². The maximum Gasteiger partial charge on any atom is 0.191 e. The molecule has 6 rings (SSSR count). The lowest BCUT2D eigenvalue weighted by molar-refractivity contribution is -0.247. The summed E-state index contributed by atoms with van der Waals surface area (Å²) in [5.74, 6) is 0.0308. The molecule has 1 fully saturated rings. The van der Waals surface area contributed by atoms with E-state index in [4.69, 9.17) is 18.9 Å². The van der Waals surface area contributed by atoms with Gasteiger partial charge in [0, 0.05) is 10.5 Å². The minimum atomic E-state index is -0.587. The van der Waals surface area contributed by atoms with Gasteiger partial charge in [0.15, 0.2) is 12.1 Å². The molecule has 0 N–H and O–H groups in total. The molecule has 0 bridgehead atoms. The van der Waals surface area contributed by atoms with Crippen molar-refractivity contribution in [3.8, 4) is 0 Å². The van der Waals surface area contributed by atoms with E-state index in [2.05, 4.69) is 36.4 Å². The second-order valence-electron chi connectivity index (χ2n) is 10.8. The van der Waals surface area contributed by atoms with E-state index in [-0.39, 0.29) is 23.2 Å². The van der Waals surface area contributed by atoms with Crippen LogP contribution in [-0.2, 0) is 38.6 Å². The summed E-state index contributed by atoms with van der Waals surface area (Å²) in [6.45, 7) is 1.33. The fourth-order valence-corrected chi connectivity index (χ4v) is 6.75. The van der Waals surface area contributed by atoms with Crippen LogP contribution >= 0.6 is 11.8 Å². The van der Waals surface area contributed by atoms with E-state index >= 15 is 0 Å². The first-order valence-electron chi connectivity index (χ1n) is 14.6. The second-order valence-corrected chi connectivity index (χ2v) is 12.1. The number of rotatable bonds is 11. The average molecular weight is 581 g/mol. The van der Waals surface area contributed by atoms with Crippen molar-refractivity contribution in [1.82, 2.24) is 0 Å². The van der Waals surface area contributed by atoms with Crippen molar-refractivity contribution in [3.63, 3.8) is 0 Å². The van der Waals surface area contributed by atoms with Crippen molar-refractivity contribution in [2.24, 2.45) is 0 Å². The van der Waals surface area contributed by atoms with E-state index in [1.165, 1.54) is 0 Å². The van der Waals surface area contributed by atoms with Crippen LogP contribution < -0.4 is 0 Å². The minimum Gasteiger partial charge on any atom is -0.374 e. The molecule has 0 amide bonds. The smallest absolute Gasteiger partial charge is 0.191 e. The van der Waals surface area contributed by atoms with E-state index < -0.39 is 12.4 Å². The largest absolute Gasteiger partial charge is 0.374 e. The third-order valence-corrected chi connectivity index (χ3v) is 9.03. The summed E-state index contributed by atoms with van der Waals surface area (Å²) >= 11 is 1.71. The standard InChI is InChI=1S/C36H36O5S/c37-35-30-19-11-10-16-28(30)20-21-31(35)40-36-34(42-29-17-8-3-9-18-29)22-32(39-24-27-14-6-2-7-15-27)33(41-36)25-38-23-26-12-4-1-5-13-26/h1-19,31-34,36H,20-25H2/t31?,32-,33+,34+,36+/m0/s1. The first-order valence-corrected chi connectivity index (χ1v) is 15.5. The zero-order chi connectivity index (χ0) is 28.6. The van der Waals surface area contributed by atoms with Gasteiger partial charge in [-0.05, 0) is 48.1 Å². The van der Waals surface area contributed by atoms with Crippen LogP contribution in [0.4, 0.5) is 0 Å². The number of aryl methyl sites for hydroxylation is 1. The first-order chi connectivity index (χ1) is 20.7. The van der Waals surface area contributed by atoms with Crippen molar-refractivity contribution in [2.75, 3.05) is 6.61 Å². The summed E-state index contributed by atoms with van der Waals surface area (Å²) in [6, 6.07) is 38.4. The minimum absolute atomic E-state index is 0.0308. The zero-order valence-electron chi connectivity index (χ0n) is 23.5. The van der Waals surface area contributed by atoms with Crippen LogP contribution in [0.3, 0.4) is 0 Å². The van der Waals surface area contributed by atoms with Crippen LogP contribution in [-0.4, -0.2) is 42.2 Å². The van der Waals surface area contributed by atoms with Gasteiger partial charge in [-0.25, -0.2) is 0 Å². The molecular weight excluding hydrogens is 544 g/mol. The van der Waals surface area contributed by atoms with Crippen LogP contribution in [0.25, 0.3) is 0 Å². The number of carbonyl (C=O) groups is 1. The predicted molar refractivity (Wildman–Crippen MR) is 164 cm³/mol. The topological polar surface area (TPSA) is 54.0 Å². The number of ketones is 1. The summed E-state index contributed by atoms with van der Waals surface area (Å²) < 4.78 is 26.0. The van der Waals surface area contributed by atoms with E-state index in [0.717, 1.165) is 33.6 Å². The van der Waals surface area contributed by atoms with Crippen molar-refractivity contribution in [2.45, 2.75) is 67.2 Å². The number of fused-ring (bicyclic) bond motifs is 1. The van der Waals surface area contributed by atoms with Gasteiger partial charge in [-0.2, -0.15) is 0 Å². The molecule has 6 heteroatoms. The summed E-state index contributed by atoms with van der Waals surface area (Å²) in [5, 5.41) is -0.0662. The molecule has 0 radical (unpaired) electrons. The van der Waals surface area contributed by atoms with Gasteiger partial charge in [-0.1, -0.05) is 103 Å². The third-order valence-electron chi connectivity index (χ3n) is 7.77. The Morgan fingerprint density at radius 3 is 2.14 bits per heavy atom. The molecule has 216 valence electrons. The van der Waals surface area contributed by atoms with Crippen molar-refractivity contribution >= 4 is 17.5 Å². The number of Topliss-reactive ketones (excluding diaryl/α,β-unsaturated/α-hetero) is 1. The average Bonchev–Trinajstić information content (AvgIpc) is 3.04. The Balaban J connectivity index is 1.21. The first kappa shape index (κ1) is 28.8. The Morgan fingerprint density at radius 2 is 1.40 bits per heavy atom. The van der Waals surface area contributed by atoms with Crippen LogP contribution in [0.5, 0.6) is 0 Å². The normalized spacial score (nSPS) is 23.8. The Hall–Kier alpha value is -3.26. The second kappa shape index (κ2) is 14.3. The van der Waals surface area contributed by atoms with Crippen LogP contribution in [0.1, 0.15) is 39.9 Å². The lowest BCUT2D eigenvalue weighted by Gasteiger charge is -2.42. The summed E-state index contributed by atoms with van der Waals surface area (Å²) in [6.07, 6.45) is 0.469. The number of hydrogen-bond donors (Lipinski definition) is 0. The summed E-state index contributed by atoms with van der Waals surface area (Å²) in [5.41, 5.74) is 4.05. The highest BCUT2D eigenvalue weighted by Crippen LogP contribution is 2.38. The van der Waals surface area contributed by atoms with Gasteiger partial charge in [0.25, 0.3) is 0 Å². The van der Waals surface area contributed by atoms with Gasteiger partial charge in [0.05, 0.1) is 31.2 Å². The van der Waals surface area contributed by atoms with Gasteiger partial charge < -0.3 is 18.9 Å². The molecule has 0 saturated carbocycles. The van der Waals surface area contributed by atoms with E-state index in [1.807, 2.05) is 78.9 Å². The Kier molecular flexibility index (Phi) is 9.80. The van der Waals surface area contributed by atoms with Gasteiger partial charge in [-0.15, -0.1) is 11.8 Å². The highest BCUT2D eigenvalue weighted by atomic mass is 32.2. The molecule has 1 unspecified atom stereocenters. The van der Waals surface area contributed by atoms with Crippen LogP contribution in [0.2, 0.25) is 0 Å². The number of benzene rings is 4. The molecule has 2 aliphatic rings. The summed E-state index contributed by atoms with van der Waals surface area (Å²) in [4.78, 5) is 14.6. The van der Waals surface area contributed by atoms with Crippen molar-refractivity contribution < 1.29 is 23.7 Å². The zero-order valence-corrected chi connectivity index (χ0v) is 24.4. The van der Waals surface area contributed by atoms with Gasteiger partial charge in [0.2, 0.25) is 0 Å². The lowest BCUT2D eigenvalue weighted by Crippen LogP contribution is -2.51.